The number of nitrogens with two attached hydrogens (primary N) is 1. The van der Waals surface area contributed by atoms with E-state index in [1.807, 2.05) is 12.1 Å². The van der Waals surface area contributed by atoms with E-state index in [-0.39, 0.29) is 11.8 Å². The van der Waals surface area contributed by atoms with Crippen LogP contribution >= 0.6 is 11.6 Å². The molecule has 2 rings (SSSR count). The van der Waals surface area contributed by atoms with Crippen molar-refractivity contribution in [3.05, 3.63) is 22.7 Å². The first kappa shape index (κ1) is 17.4. The van der Waals surface area contributed by atoms with Gasteiger partial charge in [0.1, 0.15) is 0 Å². The minimum atomic E-state index is -0.00981. The topological polar surface area (TPSA) is 58.7 Å². The second-order valence-corrected chi connectivity index (χ2v) is 6.33. The van der Waals surface area contributed by atoms with Gasteiger partial charge in [0.05, 0.1) is 12.1 Å². The van der Waals surface area contributed by atoms with Gasteiger partial charge in [-0.05, 0) is 37.1 Å². The number of nitrogens with zero attached hydrogens (tertiary/aromatic N) is 1. The third-order valence-electron chi connectivity index (χ3n) is 4.69. The summed E-state index contributed by atoms with van der Waals surface area (Å²) in [7, 11) is 1.53. The zero-order chi connectivity index (χ0) is 16.1. The smallest absolute Gasteiger partial charge is 0.176 e. The van der Waals surface area contributed by atoms with Crippen LogP contribution in [-0.2, 0) is 0 Å². The fourth-order valence-corrected chi connectivity index (χ4v) is 3.77. The van der Waals surface area contributed by atoms with Gasteiger partial charge >= 0.3 is 0 Å². The largest absolute Gasteiger partial charge is 0.503 e. The summed E-state index contributed by atoms with van der Waals surface area (Å²) in [6.45, 7) is 3.65. The fourth-order valence-electron chi connectivity index (χ4n) is 3.55. The molecule has 22 heavy (non-hydrogen) atoms. The highest BCUT2D eigenvalue weighted by molar-refractivity contribution is 6.32. The van der Waals surface area contributed by atoms with E-state index >= 15 is 0 Å². The average Bonchev–Trinajstić information content (AvgIpc) is 2.55. The first-order chi connectivity index (χ1) is 10.6. The lowest BCUT2D eigenvalue weighted by atomic mass is 9.91. The maximum absolute atomic E-state index is 9.92. The zero-order valence-electron chi connectivity index (χ0n) is 13.5. The van der Waals surface area contributed by atoms with Crippen LogP contribution in [0.2, 0.25) is 5.02 Å². The minimum Gasteiger partial charge on any atom is -0.503 e. The Morgan fingerprint density at radius 2 is 2.05 bits per heavy atom. The van der Waals surface area contributed by atoms with Crippen LogP contribution in [0, 0.1) is 0 Å². The summed E-state index contributed by atoms with van der Waals surface area (Å²) in [4.78, 5) is 2.47. The van der Waals surface area contributed by atoms with E-state index in [1.165, 1.54) is 39.2 Å². The molecule has 4 nitrogen and oxygen atoms in total. The van der Waals surface area contributed by atoms with Crippen LogP contribution in [0.3, 0.4) is 0 Å². The molecule has 0 radical (unpaired) electrons. The molecule has 0 bridgehead atoms. The molecule has 5 heteroatoms. The highest BCUT2D eigenvalue weighted by atomic mass is 35.5. The average molecular weight is 327 g/mol. The molecule has 1 fully saturated rings. The summed E-state index contributed by atoms with van der Waals surface area (Å²) in [5, 5.41) is 10.2. The van der Waals surface area contributed by atoms with Crippen molar-refractivity contribution in [1.82, 2.24) is 4.90 Å². The van der Waals surface area contributed by atoms with Gasteiger partial charge in [-0.25, -0.2) is 0 Å². The highest BCUT2D eigenvalue weighted by Gasteiger charge is 2.27. The maximum atomic E-state index is 9.92. The number of ether oxygens (including phenoxy) is 1. The summed E-state index contributed by atoms with van der Waals surface area (Å²) in [6, 6.07) is 4.33. The normalized spacial score (nSPS) is 17.7. The van der Waals surface area contributed by atoms with Crippen molar-refractivity contribution in [3.8, 4) is 11.5 Å². The number of rotatable bonds is 6. The molecule has 1 aromatic rings. The van der Waals surface area contributed by atoms with Gasteiger partial charge in [-0.2, -0.15) is 0 Å². The second-order valence-electron chi connectivity index (χ2n) is 5.93. The Kier molecular flexibility index (Phi) is 6.36. The number of hydrogen-bond acceptors (Lipinski definition) is 4. The zero-order valence-corrected chi connectivity index (χ0v) is 14.3. The molecule has 0 spiro atoms. The number of aromatic hydroxyl groups is 1. The number of hydrogen-bond donors (Lipinski definition) is 2. The van der Waals surface area contributed by atoms with Crippen LogP contribution in [0.25, 0.3) is 0 Å². The van der Waals surface area contributed by atoms with Crippen LogP contribution in [0.4, 0.5) is 0 Å². The molecular weight excluding hydrogens is 300 g/mol. The van der Waals surface area contributed by atoms with Gasteiger partial charge < -0.3 is 15.6 Å². The van der Waals surface area contributed by atoms with E-state index in [4.69, 9.17) is 22.1 Å². The molecule has 1 atom stereocenters. The van der Waals surface area contributed by atoms with Crippen LogP contribution in [0.5, 0.6) is 11.5 Å². The third kappa shape index (κ3) is 3.67. The Morgan fingerprint density at radius 3 is 2.59 bits per heavy atom. The van der Waals surface area contributed by atoms with Crippen LogP contribution in [-0.4, -0.2) is 36.2 Å². The van der Waals surface area contributed by atoms with Crippen molar-refractivity contribution in [2.24, 2.45) is 5.73 Å². The molecule has 1 aliphatic rings. The number of halogens is 1. The third-order valence-corrected chi connectivity index (χ3v) is 4.98. The van der Waals surface area contributed by atoms with E-state index in [9.17, 15) is 5.11 Å². The molecule has 0 saturated heterocycles. The van der Waals surface area contributed by atoms with E-state index < -0.39 is 0 Å². The Balaban J connectivity index is 2.31. The molecule has 124 valence electrons. The number of benzene rings is 1. The van der Waals surface area contributed by atoms with Gasteiger partial charge in [0.2, 0.25) is 0 Å². The predicted octanol–water partition coefficient (Wildman–Crippen LogP) is 3.71. The van der Waals surface area contributed by atoms with E-state index in [0.29, 0.717) is 23.4 Å². The summed E-state index contributed by atoms with van der Waals surface area (Å²) in [5.74, 6) is 0.394. The van der Waals surface area contributed by atoms with E-state index in [0.717, 1.165) is 12.1 Å². The Morgan fingerprint density at radius 1 is 1.36 bits per heavy atom. The van der Waals surface area contributed by atoms with Crippen molar-refractivity contribution in [2.45, 2.75) is 51.1 Å². The van der Waals surface area contributed by atoms with Gasteiger partial charge in [0.15, 0.2) is 11.5 Å². The summed E-state index contributed by atoms with van der Waals surface area (Å²) >= 11 is 6.14. The number of phenolic OH excluding ortho intramolecular Hbond substituents is 1. The van der Waals surface area contributed by atoms with E-state index in [2.05, 4.69) is 11.8 Å². The van der Waals surface area contributed by atoms with Gasteiger partial charge in [-0.1, -0.05) is 37.8 Å². The van der Waals surface area contributed by atoms with Crippen molar-refractivity contribution in [1.29, 1.82) is 0 Å². The SMILES string of the molecule is CCN(C1CCCCC1)C(CN)c1cc(Cl)c(O)c(OC)c1. The molecule has 0 aliphatic heterocycles. The lowest BCUT2D eigenvalue weighted by Gasteiger charge is -2.39. The van der Waals surface area contributed by atoms with Gasteiger partial charge in [0, 0.05) is 18.6 Å². The number of methoxy groups -OCH3 is 1. The molecule has 3 N–H and O–H groups in total. The second kappa shape index (κ2) is 8.04. The van der Waals surface area contributed by atoms with Crippen molar-refractivity contribution in [3.63, 3.8) is 0 Å². The molecule has 1 saturated carbocycles. The number of phenols is 1. The van der Waals surface area contributed by atoms with Crippen molar-refractivity contribution >= 4 is 11.6 Å². The first-order valence-electron chi connectivity index (χ1n) is 8.14. The van der Waals surface area contributed by atoms with Gasteiger partial charge in [-0.3, -0.25) is 4.90 Å². The van der Waals surface area contributed by atoms with Gasteiger partial charge in [-0.15, -0.1) is 0 Å². The highest BCUT2D eigenvalue weighted by Crippen LogP contribution is 2.38. The molecule has 1 aliphatic carbocycles. The first-order valence-corrected chi connectivity index (χ1v) is 8.52. The van der Waals surface area contributed by atoms with Gasteiger partial charge in [0.25, 0.3) is 0 Å². The summed E-state index contributed by atoms with van der Waals surface area (Å²) in [5.41, 5.74) is 7.09. The monoisotopic (exact) mass is 326 g/mol. The molecule has 1 aromatic carbocycles. The fraction of sp³-hybridized carbons (Fsp3) is 0.647. The molecule has 0 heterocycles. The van der Waals surface area contributed by atoms with E-state index in [1.54, 1.807) is 0 Å². The minimum absolute atomic E-state index is 0.00981. The number of likely N-dealkylation sites (N-methyl/N-ethyl adjacent to an activating group) is 1. The lowest BCUT2D eigenvalue weighted by molar-refractivity contribution is 0.113. The Bertz CT molecular complexity index is 490. The summed E-state index contributed by atoms with van der Waals surface area (Å²) in [6.07, 6.45) is 6.37. The van der Waals surface area contributed by atoms with Crippen LogP contribution < -0.4 is 10.5 Å². The molecule has 1 unspecified atom stereocenters. The lowest BCUT2D eigenvalue weighted by Crippen LogP contribution is -2.42. The van der Waals surface area contributed by atoms with Crippen LogP contribution in [0.15, 0.2) is 12.1 Å². The molecule has 0 amide bonds. The predicted molar refractivity (Wildman–Crippen MR) is 90.7 cm³/mol. The maximum Gasteiger partial charge on any atom is 0.176 e. The molecule has 0 aromatic heterocycles. The Hall–Kier alpha value is -0.970. The Labute approximate surface area is 138 Å². The quantitative estimate of drug-likeness (QED) is 0.836. The van der Waals surface area contributed by atoms with Crippen molar-refractivity contribution < 1.29 is 9.84 Å². The van der Waals surface area contributed by atoms with Crippen molar-refractivity contribution in [2.75, 3.05) is 20.2 Å². The standard InChI is InChI=1S/C17H27ClN2O2/c1-3-20(13-7-5-4-6-8-13)15(11-19)12-9-14(18)17(21)16(10-12)22-2/h9-10,13,15,21H,3-8,11,19H2,1-2H3. The molecular formula is C17H27ClN2O2. The summed E-state index contributed by atoms with van der Waals surface area (Å²) < 4.78 is 5.23. The van der Waals surface area contributed by atoms with Crippen LogP contribution in [0.1, 0.15) is 50.6 Å².